The Bertz CT molecular complexity index is 1270. The molecular formula is C32H36N3O4Rf-. The van der Waals surface area contributed by atoms with Gasteiger partial charge >= 0.3 is 0 Å². The quantitative estimate of drug-likeness (QED) is 0.275. The van der Waals surface area contributed by atoms with Gasteiger partial charge < -0.3 is 25.1 Å². The molecule has 1 heterocycles. The maximum absolute atomic E-state index is 13.4. The van der Waals surface area contributed by atoms with Crippen molar-refractivity contribution in [1.82, 2.24) is 15.5 Å². The number of benzene rings is 3. The third-order valence-corrected chi connectivity index (χ3v) is 7.22. The first-order valence-corrected chi connectivity index (χ1v) is 13.5. The van der Waals surface area contributed by atoms with Gasteiger partial charge in [0.1, 0.15) is 0 Å². The molecule has 4 rings (SSSR count). The van der Waals surface area contributed by atoms with E-state index in [1.807, 2.05) is 29.2 Å². The minimum atomic E-state index is -0.0184. The number of carbonyl (C=O) groups is 2. The Morgan fingerprint density at radius 3 is 2.20 bits per heavy atom. The zero-order valence-corrected chi connectivity index (χ0v) is 29.6. The van der Waals surface area contributed by atoms with Crippen molar-refractivity contribution in [3.05, 3.63) is 101 Å². The molecule has 1 aliphatic heterocycles. The summed E-state index contributed by atoms with van der Waals surface area (Å²) < 4.78 is 4.77. The molecule has 0 saturated carbocycles. The number of hydrogen-bond donors (Lipinski definition) is 2. The largest absolute Gasteiger partial charge is 0.610 e. The molecule has 1 fully saturated rings. The van der Waals surface area contributed by atoms with E-state index in [9.17, 15) is 14.4 Å². The van der Waals surface area contributed by atoms with Gasteiger partial charge in [-0.2, -0.15) is 0 Å². The summed E-state index contributed by atoms with van der Waals surface area (Å²) in [6.07, 6.45) is 3.45. The van der Waals surface area contributed by atoms with E-state index < -0.39 is 0 Å². The molecule has 0 aliphatic carbocycles. The molecule has 0 radical (unpaired) electrons. The monoisotopic (exact) mass is 793 g/mol. The van der Waals surface area contributed by atoms with Crippen LogP contribution in [-0.2, 0) is 40.1 Å². The average molecular weight is 794 g/mol. The molecule has 0 spiro atoms. The van der Waals surface area contributed by atoms with Gasteiger partial charge in [0.2, 0.25) is 11.8 Å². The standard InChI is InChI=1S/C32H36N3O4.Rf/c1-24(37)34-17-16-27-7-3-5-9-29(27)21-28-8-4-2-6-26(28)12-15-32(38)35-19-18-33-22-30(35)20-25-10-13-31(14-11-25)39-23-36;/h2-11,13-14,30,33H,12,15-22H2,1H3,(H,34,37);/q-1;/t30-;/m1./s1. The van der Waals surface area contributed by atoms with Crippen molar-refractivity contribution in [3.8, 4) is 5.75 Å². The summed E-state index contributed by atoms with van der Waals surface area (Å²) in [6.45, 7) is 5.81. The number of amides is 2. The van der Waals surface area contributed by atoms with Crippen molar-refractivity contribution in [3.63, 3.8) is 0 Å². The molecule has 3 aromatic carbocycles. The van der Waals surface area contributed by atoms with E-state index in [1.165, 1.54) is 35.6 Å². The second-order valence-electron chi connectivity index (χ2n) is 9.93. The van der Waals surface area contributed by atoms with Crippen LogP contribution in [0.3, 0.4) is 0 Å². The number of hydrogen-bond acceptors (Lipinski definition) is 5. The van der Waals surface area contributed by atoms with Crippen LogP contribution in [0.5, 0.6) is 5.75 Å². The fourth-order valence-corrected chi connectivity index (χ4v) is 5.20. The van der Waals surface area contributed by atoms with E-state index in [2.05, 4.69) is 47.0 Å². The predicted octanol–water partition coefficient (Wildman–Crippen LogP) is 3.38. The summed E-state index contributed by atoms with van der Waals surface area (Å²) in [5.74, 6) is 0.607. The van der Waals surface area contributed by atoms with Gasteiger partial charge in [0.15, 0.2) is 6.47 Å². The SMILES string of the molecule is CC(=O)NCCc1ccccc1Cc1ccccc1CCC(=O)N1CCNC[C@H]1Cc1ccc(O[C-]=O)cc1.[Rf]. The van der Waals surface area contributed by atoms with Crippen molar-refractivity contribution >= 4 is 18.3 Å². The maximum atomic E-state index is 13.4. The van der Waals surface area contributed by atoms with Crippen LogP contribution in [0.1, 0.15) is 41.2 Å². The molecule has 7 nitrogen and oxygen atoms in total. The first-order valence-electron chi connectivity index (χ1n) is 13.5. The summed E-state index contributed by atoms with van der Waals surface area (Å²) in [4.78, 5) is 37.1. The Balaban J connectivity index is 0.00000441. The van der Waals surface area contributed by atoms with Crippen LogP contribution in [0.15, 0.2) is 72.8 Å². The third kappa shape index (κ3) is 8.27. The molecule has 1 atom stereocenters. The molecule has 1 saturated heterocycles. The Labute approximate surface area is 230 Å². The van der Waals surface area contributed by atoms with Crippen LogP contribution in [0.25, 0.3) is 0 Å². The fraction of sp³-hybridized carbons (Fsp3) is 0.344. The van der Waals surface area contributed by atoms with E-state index in [-0.39, 0.29) is 17.9 Å². The summed E-state index contributed by atoms with van der Waals surface area (Å²) in [6, 6.07) is 24.1. The van der Waals surface area contributed by atoms with Crippen molar-refractivity contribution in [2.24, 2.45) is 0 Å². The fourth-order valence-electron chi connectivity index (χ4n) is 5.20. The summed E-state index contributed by atoms with van der Waals surface area (Å²) in [5.41, 5.74) is 5.97. The van der Waals surface area contributed by atoms with Gasteiger partial charge in [-0.3, -0.25) is 9.59 Å². The Morgan fingerprint density at radius 2 is 1.57 bits per heavy atom. The van der Waals surface area contributed by atoms with E-state index in [4.69, 9.17) is 4.74 Å². The second-order valence-corrected chi connectivity index (χ2v) is 9.93. The summed E-state index contributed by atoms with van der Waals surface area (Å²) in [5, 5.41) is 6.30. The van der Waals surface area contributed by atoms with Gasteiger partial charge in [-0.15, -0.1) is 12.1 Å². The first kappa shape index (κ1) is 29.6. The van der Waals surface area contributed by atoms with E-state index in [0.717, 1.165) is 37.9 Å². The number of aryl methyl sites for hydroxylation is 1. The summed E-state index contributed by atoms with van der Waals surface area (Å²) in [7, 11) is 0. The number of piperazine rings is 1. The van der Waals surface area contributed by atoms with Crippen molar-refractivity contribution in [1.29, 1.82) is 0 Å². The first-order chi connectivity index (χ1) is 19.0. The number of ether oxygens (including phenoxy) is 1. The number of nitrogens with zero attached hydrogens (tertiary/aromatic N) is 1. The van der Waals surface area contributed by atoms with Gasteiger partial charge in [-0.25, -0.2) is 0 Å². The van der Waals surface area contributed by atoms with Crippen LogP contribution >= 0.6 is 0 Å². The van der Waals surface area contributed by atoms with Crippen molar-refractivity contribution in [2.45, 2.75) is 45.1 Å². The van der Waals surface area contributed by atoms with Crippen LogP contribution in [0, 0.1) is 0 Å². The molecule has 8 heteroatoms. The van der Waals surface area contributed by atoms with Crippen molar-refractivity contribution in [2.75, 3.05) is 26.2 Å². The normalized spacial score (nSPS) is 14.6. The van der Waals surface area contributed by atoms with Crippen LogP contribution in [0.2, 0.25) is 0 Å². The maximum Gasteiger partial charge on any atom is 0.223 e. The topological polar surface area (TPSA) is 87.7 Å². The molecule has 1 aliphatic rings. The molecular weight excluding hydrogens is 757 g/mol. The number of rotatable bonds is 12. The van der Waals surface area contributed by atoms with E-state index in [0.29, 0.717) is 31.7 Å². The van der Waals surface area contributed by atoms with Gasteiger partial charge in [0.25, 0.3) is 0 Å². The van der Waals surface area contributed by atoms with E-state index >= 15 is 0 Å². The molecule has 2 amide bonds. The van der Waals surface area contributed by atoms with Gasteiger partial charge in [0.05, 0.1) is 0 Å². The van der Waals surface area contributed by atoms with Gasteiger partial charge in [0, 0.05) is 45.6 Å². The third-order valence-electron chi connectivity index (χ3n) is 7.22. The van der Waals surface area contributed by atoms with Gasteiger partial charge in [-0.1, -0.05) is 60.7 Å². The van der Waals surface area contributed by atoms with Crippen LogP contribution in [0.4, 0.5) is 0 Å². The number of nitrogens with one attached hydrogen (secondary N) is 2. The minimum Gasteiger partial charge on any atom is -0.610 e. The molecule has 3 aromatic rings. The average Bonchev–Trinajstić information content (AvgIpc) is 2.94. The number of carbonyl (C=O) groups excluding carboxylic acids is 3. The molecule has 206 valence electrons. The molecule has 0 aromatic heterocycles. The Morgan fingerprint density at radius 1 is 0.950 bits per heavy atom. The minimum absolute atomic E-state index is 0. The van der Waals surface area contributed by atoms with Crippen LogP contribution < -0.4 is 15.4 Å². The van der Waals surface area contributed by atoms with Crippen LogP contribution in [-0.4, -0.2) is 55.4 Å². The smallest absolute Gasteiger partial charge is 0.223 e. The zero-order valence-electron chi connectivity index (χ0n) is 23.2. The second kappa shape index (κ2) is 14.8. The van der Waals surface area contributed by atoms with E-state index in [1.54, 1.807) is 12.1 Å². The van der Waals surface area contributed by atoms with Gasteiger partial charge in [-0.05, 0) is 59.3 Å². The molecule has 0 bridgehead atoms. The van der Waals surface area contributed by atoms with Crippen molar-refractivity contribution < 1.29 is 19.1 Å². The molecule has 2 N–H and O–H groups in total. The predicted molar refractivity (Wildman–Crippen MR) is 151 cm³/mol. The Hall–Kier alpha value is -4.97. The molecule has 40 heavy (non-hydrogen) atoms. The molecule has 0 unspecified atom stereocenters. The summed E-state index contributed by atoms with van der Waals surface area (Å²) >= 11 is 0. The zero-order chi connectivity index (χ0) is 27.5. The Kier molecular flexibility index (Phi) is 11.0.